The lowest BCUT2D eigenvalue weighted by Gasteiger charge is -2.60. The topological polar surface area (TPSA) is 59.4 Å². The summed E-state index contributed by atoms with van der Waals surface area (Å²) in [5, 5.41) is 10.2. The minimum Gasteiger partial charge on any atom is -0.484 e. The van der Waals surface area contributed by atoms with Gasteiger partial charge in [0.2, 0.25) is 0 Å². The Morgan fingerprint density at radius 3 is 2.70 bits per heavy atom. The lowest BCUT2D eigenvalue weighted by atomic mass is 9.44. The van der Waals surface area contributed by atoms with E-state index in [9.17, 15) is 9.90 Å². The number of aliphatic hydroxyl groups excluding tert-OH is 1. The van der Waals surface area contributed by atoms with Crippen LogP contribution in [-0.2, 0) is 4.79 Å². The number of ketones is 1. The molecule has 4 saturated carbocycles. The molecule has 0 saturated heterocycles. The van der Waals surface area contributed by atoms with Gasteiger partial charge in [-0.1, -0.05) is 13.8 Å². The first-order valence-electron chi connectivity index (χ1n) is 12.2. The summed E-state index contributed by atoms with van der Waals surface area (Å²) in [7, 11) is 0. The number of rotatable bonds is 4. The van der Waals surface area contributed by atoms with Gasteiger partial charge in [-0.2, -0.15) is 0 Å². The van der Waals surface area contributed by atoms with Gasteiger partial charge in [0.1, 0.15) is 12.4 Å². The number of aliphatic hydroxyl groups is 1. The second kappa shape index (κ2) is 7.62. The Bertz CT molecular complexity index is 782. The van der Waals surface area contributed by atoms with E-state index < -0.39 is 0 Å². The molecule has 30 heavy (non-hydrogen) atoms. The summed E-state index contributed by atoms with van der Waals surface area (Å²) in [5.74, 6) is 4.01. The van der Waals surface area contributed by atoms with Gasteiger partial charge in [0, 0.05) is 12.1 Å². The lowest BCUT2D eigenvalue weighted by molar-refractivity contribution is -0.141. The fraction of sp³-hybridized carbons (Fsp3) is 0.769. The number of nitrogens with zero attached hydrogens (tertiary/aromatic N) is 1. The molecule has 164 valence electrons. The van der Waals surface area contributed by atoms with Crippen molar-refractivity contribution in [1.82, 2.24) is 4.98 Å². The van der Waals surface area contributed by atoms with Gasteiger partial charge in [0.15, 0.2) is 5.78 Å². The molecule has 1 heterocycles. The molecule has 1 aromatic rings. The fourth-order valence-electron chi connectivity index (χ4n) is 8.45. The van der Waals surface area contributed by atoms with Gasteiger partial charge < -0.3 is 9.84 Å². The Morgan fingerprint density at radius 1 is 1.10 bits per heavy atom. The van der Waals surface area contributed by atoms with Crippen LogP contribution in [0.3, 0.4) is 0 Å². The normalized spacial score (nSPS) is 45.2. The Morgan fingerprint density at radius 2 is 1.90 bits per heavy atom. The molecule has 1 N–H and O–H groups in total. The molecule has 0 aromatic carbocycles. The minimum absolute atomic E-state index is 0.0817. The van der Waals surface area contributed by atoms with Crippen LogP contribution in [0, 0.1) is 40.4 Å². The quantitative estimate of drug-likeness (QED) is 0.753. The molecule has 4 heteroatoms. The van der Waals surface area contributed by atoms with Gasteiger partial charge in [0.25, 0.3) is 0 Å². The first-order chi connectivity index (χ1) is 14.4. The predicted molar refractivity (Wildman–Crippen MR) is 116 cm³/mol. The van der Waals surface area contributed by atoms with E-state index >= 15 is 0 Å². The third-order valence-corrected chi connectivity index (χ3v) is 10.0. The van der Waals surface area contributed by atoms with E-state index in [0.29, 0.717) is 23.0 Å². The summed E-state index contributed by atoms with van der Waals surface area (Å²) in [6.45, 7) is 5.11. The van der Waals surface area contributed by atoms with Crippen LogP contribution in [0.25, 0.3) is 0 Å². The number of Topliss-reactive ketones (excluding diaryl/α,β-unsaturated/α-hetero) is 1. The summed E-state index contributed by atoms with van der Waals surface area (Å²) in [4.78, 5) is 17.3. The maximum Gasteiger partial charge on any atom is 0.173 e. The Labute approximate surface area is 180 Å². The first kappa shape index (κ1) is 20.5. The molecule has 8 atom stereocenters. The number of fused-ring (bicyclic) bond motifs is 5. The van der Waals surface area contributed by atoms with Gasteiger partial charge in [-0.05, 0) is 104 Å². The standard InChI is InChI=1S/C26H37NO3/c1-25-11-9-18(28)14-17(25)5-6-20-21-7-8-23(26(21,2)12-10-22(20)25)24(29)16-30-19-4-3-13-27-15-19/h3-4,13,15,17-18,20-23,28H,5-12,14,16H2,1-2H3/t17-,18-,20+,21+,22+,23-,25+,26+/m1/s1. The number of hydrogen-bond donors (Lipinski definition) is 1. The molecular formula is C26H37NO3. The number of carbonyl (C=O) groups is 1. The van der Waals surface area contributed by atoms with E-state index in [4.69, 9.17) is 4.74 Å². The maximum atomic E-state index is 13.2. The monoisotopic (exact) mass is 411 g/mol. The predicted octanol–water partition coefficient (Wildman–Crippen LogP) is 5.05. The molecule has 0 aliphatic heterocycles. The van der Waals surface area contributed by atoms with Crippen LogP contribution in [0.15, 0.2) is 24.5 Å². The van der Waals surface area contributed by atoms with E-state index in [1.54, 1.807) is 12.4 Å². The Kier molecular flexibility index (Phi) is 5.20. The summed E-state index contributed by atoms with van der Waals surface area (Å²) in [6.07, 6.45) is 13.7. The van der Waals surface area contributed by atoms with Gasteiger partial charge in [-0.3, -0.25) is 9.78 Å². The van der Waals surface area contributed by atoms with Crippen LogP contribution in [0.2, 0.25) is 0 Å². The SMILES string of the molecule is C[C@]12CC[C@@H](O)C[C@H]1CC[C@@H]1[C@@H]2CC[C@]2(C)[C@@H](C(=O)COc3cccnc3)CC[C@@H]12. The van der Waals surface area contributed by atoms with Crippen molar-refractivity contribution in [3.8, 4) is 5.75 Å². The van der Waals surface area contributed by atoms with Crippen LogP contribution in [0.1, 0.15) is 71.6 Å². The number of carbonyl (C=O) groups excluding carboxylic acids is 1. The van der Waals surface area contributed by atoms with E-state index in [1.807, 2.05) is 12.1 Å². The highest BCUT2D eigenvalue weighted by Crippen LogP contribution is 2.67. The van der Waals surface area contributed by atoms with Gasteiger partial charge >= 0.3 is 0 Å². The van der Waals surface area contributed by atoms with Crippen molar-refractivity contribution >= 4 is 5.78 Å². The highest BCUT2D eigenvalue weighted by molar-refractivity contribution is 5.83. The molecule has 4 aliphatic rings. The third kappa shape index (κ3) is 3.21. The number of pyridine rings is 1. The van der Waals surface area contributed by atoms with E-state index in [0.717, 1.165) is 31.1 Å². The van der Waals surface area contributed by atoms with E-state index in [-0.39, 0.29) is 29.8 Å². The number of ether oxygens (including phenoxy) is 1. The van der Waals surface area contributed by atoms with Crippen molar-refractivity contribution in [3.63, 3.8) is 0 Å². The van der Waals surface area contributed by atoms with Crippen LogP contribution < -0.4 is 4.74 Å². The molecule has 0 amide bonds. The Hall–Kier alpha value is -1.42. The lowest BCUT2D eigenvalue weighted by Crippen LogP contribution is -2.54. The molecule has 5 rings (SSSR count). The average molecular weight is 412 g/mol. The zero-order chi connectivity index (χ0) is 20.9. The first-order valence-corrected chi connectivity index (χ1v) is 12.2. The molecule has 0 spiro atoms. The summed E-state index contributed by atoms with van der Waals surface area (Å²) >= 11 is 0. The van der Waals surface area contributed by atoms with Crippen molar-refractivity contribution in [2.75, 3.05) is 6.61 Å². The number of aromatic nitrogens is 1. The average Bonchev–Trinajstić information content (AvgIpc) is 3.10. The molecule has 4 fully saturated rings. The molecule has 1 aromatic heterocycles. The molecular weight excluding hydrogens is 374 g/mol. The molecule has 0 radical (unpaired) electrons. The zero-order valence-electron chi connectivity index (χ0n) is 18.6. The highest BCUT2D eigenvalue weighted by Gasteiger charge is 2.61. The zero-order valence-corrected chi connectivity index (χ0v) is 18.6. The van der Waals surface area contributed by atoms with Crippen molar-refractivity contribution in [3.05, 3.63) is 24.5 Å². The summed E-state index contributed by atoms with van der Waals surface area (Å²) in [5.41, 5.74) is 0.531. The smallest absolute Gasteiger partial charge is 0.173 e. The van der Waals surface area contributed by atoms with E-state index in [1.165, 1.54) is 38.5 Å². The van der Waals surface area contributed by atoms with Crippen molar-refractivity contribution in [2.24, 2.45) is 40.4 Å². The van der Waals surface area contributed by atoms with Gasteiger partial charge in [-0.25, -0.2) is 0 Å². The van der Waals surface area contributed by atoms with Crippen LogP contribution >= 0.6 is 0 Å². The molecule has 4 aliphatic carbocycles. The van der Waals surface area contributed by atoms with Crippen molar-refractivity contribution in [2.45, 2.75) is 77.7 Å². The second-order valence-corrected chi connectivity index (χ2v) is 11.2. The fourth-order valence-corrected chi connectivity index (χ4v) is 8.45. The maximum absolute atomic E-state index is 13.2. The largest absolute Gasteiger partial charge is 0.484 e. The third-order valence-electron chi connectivity index (χ3n) is 10.0. The molecule has 0 bridgehead atoms. The highest BCUT2D eigenvalue weighted by atomic mass is 16.5. The van der Waals surface area contributed by atoms with Crippen LogP contribution in [0.4, 0.5) is 0 Å². The van der Waals surface area contributed by atoms with Gasteiger partial charge in [-0.15, -0.1) is 0 Å². The van der Waals surface area contributed by atoms with Crippen molar-refractivity contribution in [1.29, 1.82) is 0 Å². The van der Waals surface area contributed by atoms with Gasteiger partial charge in [0.05, 0.1) is 12.3 Å². The van der Waals surface area contributed by atoms with E-state index in [2.05, 4.69) is 18.8 Å². The van der Waals surface area contributed by atoms with Crippen LogP contribution in [-0.4, -0.2) is 28.6 Å². The molecule has 0 unspecified atom stereocenters. The summed E-state index contributed by atoms with van der Waals surface area (Å²) in [6, 6.07) is 3.71. The van der Waals surface area contributed by atoms with Crippen LogP contribution in [0.5, 0.6) is 5.75 Å². The minimum atomic E-state index is -0.0817. The summed E-state index contributed by atoms with van der Waals surface area (Å²) < 4.78 is 5.77. The Balaban J connectivity index is 1.30. The van der Waals surface area contributed by atoms with Crippen molar-refractivity contribution < 1.29 is 14.6 Å². The molecule has 4 nitrogen and oxygen atoms in total. The second-order valence-electron chi connectivity index (χ2n) is 11.2. The number of hydrogen-bond acceptors (Lipinski definition) is 4.